The van der Waals surface area contributed by atoms with E-state index in [9.17, 15) is 22.9 Å². The maximum Gasteiger partial charge on any atom is 0.306 e. The number of nitro groups is 1. The zero-order valence-electron chi connectivity index (χ0n) is 10.2. The van der Waals surface area contributed by atoms with Gasteiger partial charge in [-0.15, -0.1) is 0 Å². The van der Waals surface area contributed by atoms with Crippen LogP contribution in [-0.4, -0.2) is 18.3 Å². The minimum absolute atomic E-state index is 0.0250. The highest BCUT2D eigenvalue weighted by molar-refractivity contribution is 7.92. The Bertz CT molecular complexity index is 813. The van der Waals surface area contributed by atoms with E-state index < -0.39 is 26.5 Å². The Labute approximate surface area is 123 Å². The van der Waals surface area contributed by atoms with Gasteiger partial charge in [0.15, 0.2) is 0 Å². The summed E-state index contributed by atoms with van der Waals surface area (Å²) in [6, 6.07) is 4.97. The van der Waals surface area contributed by atoms with Gasteiger partial charge < -0.3 is 0 Å². The number of hydrogen-bond donors (Lipinski definition) is 1. The second kappa shape index (κ2) is 5.62. The average Bonchev–Trinajstić information content (AvgIpc) is 2.40. The molecule has 0 aliphatic carbocycles. The van der Waals surface area contributed by atoms with E-state index in [-0.39, 0.29) is 15.7 Å². The van der Waals surface area contributed by atoms with E-state index in [2.05, 4.69) is 9.71 Å². The molecule has 1 aromatic carbocycles. The van der Waals surface area contributed by atoms with Crippen molar-refractivity contribution in [3.63, 3.8) is 0 Å². The van der Waals surface area contributed by atoms with Crippen molar-refractivity contribution in [3.05, 3.63) is 57.6 Å². The van der Waals surface area contributed by atoms with Crippen molar-refractivity contribution < 1.29 is 17.7 Å². The number of benzene rings is 1. The summed E-state index contributed by atoms with van der Waals surface area (Å²) in [6.45, 7) is 0. The Morgan fingerprint density at radius 2 is 2.00 bits per heavy atom. The van der Waals surface area contributed by atoms with Crippen LogP contribution in [0.25, 0.3) is 0 Å². The molecule has 21 heavy (non-hydrogen) atoms. The van der Waals surface area contributed by atoms with Gasteiger partial charge in [-0.25, -0.2) is 13.4 Å². The molecule has 10 heteroatoms. The van der Waals surface area contributed by atoms with Gasteiger partial charge in [-0.1, -0.05) is 11.6 Å². The van der Waals surface area contributed by atoms with E-state index in [1.54, 1.807) is 0 Å². The van der Waals surface area contributed by atoms with Crippen LogP contribution in [0.3, 0.4) is 0 Å². The van der Waals surface area contributed by atoms with Crippen molar-refractivity contribution in [2.75, 3.05) is 4.72 Å². The van der Waals surface area contributed by atoms with Crippen LogP contribution >= 0.6 is 11.6 Å². The van der Waals surface area contributed by atoms with Gasteiger partial charge >= 0.3 is 5.69 Å². The number of nitrogens with one attached hydrogen (secondary N) is 1. The number of sulfonamides is 1. The number of halogens is 2. The molecule has 1 aromatic heterocycles. The summed E-state index contributed by atoms with van der Waals surface area (Å²) in [5, 5.41) is 10.6. The van der Waals surface area contributed by atoms with Gasteiger partial charge in [0.1, 0.15) is 5.15 Å². The molecule has 0 bridgehead atoms. The summed E-state index contributed by atoms with van der Waals surface area (Å²) < 4.78 is 39.4. The molecule has 2 aromatic rings. The van der Waals surface area contributed by atoms with Crippen LogP contribution in [0.5, 0.6) is 0 Å². The van der Waals surface area contributed by atoms with Crippen molar-refractivity contribution in [2.45, 2.75) is 4.90 Å². The first-order valence-electron chi connectivity index (χ1n) is 5.38. The van der Waals surface area contributed by atoms with E-state index in [4.69, 9.17) is 11.6 Å². The lowest BCUT2D eigenvalue weighted by Gasteiger charge is -2.08. The molecule has 0 saturated carbocycles. The Morgan fingerprint density at radius 3 is 2.62 bits per heavy atom. The predicted octanol–water partition coefficient (Wildman–Crippen LogP) is 2.58. The molecule has 7 nitrogen and oxygen atoms in total. The van der Waals surface area contributed by atoms with Gasteiger partial charge in [-0.3, -0.25) is 14.8 Å². The van der Waals surface area contributed by atoms with Gasteiger partial charge in [-0.2, -0.15) is 4.39 Å². The maximum atomic E-state index is 13.2. The SMILES string of the molecule is O=[N+]([O-])c1cc(NS(=O)(=O)c2ccnc(Cl)c2)ccc1F. The zero-order valence-corrected chi connectivity index (χ0v) is 11.7. The van der Waals surface area contributed by atoms with Crippen LogP contribution in [0.1, 0.15) is 0 Å². The molecule has 0 spiro atoms. The topological polar surface area (TPSA) is 102 Å². The molecular weight excluding hydrogens is 325 g/mol. The molecule has 1 heterocycles. The van der Waals surface area contributed by atoms with E-state index in [1.165, 1.54) is 12.3 Å². The smallest absolute Gasteiger partial charge is 0.279 e. The van der Waals surface area contributed by atoms with Gasteiger partial charge in [0.25, 0.3) is 10.0 Å². The number of nitrogens with zero attached hydrogens (tertiary/aromatic N) is 2. The number of anilines is 1. The number of nitro benzene ring substituents is 1. The molecule has 0 aliphatic heterocycles. The lowest BCUT2D eigenvalue weighted by atomic mass is 10.3. The molecule has 1 N–H and O–H groups in total. The van der Waals surface area contributed by atoms with Gasteiger partial charge in [-0.05, 0) is 24.3 Å². The summed E-state index contributed by atoms with van der Waals surface area (Å²) in [4.78, 5) is 13.1. The van der Waals surface area contributed by atoms with Gasteiger partial charge in [0.05, 0.1) is 15.5 Å². The van der Waals surface area contributed by atoms with Crippen LogP contribution in [0.4, 0.5) is 15.8 Å². The molecular formula is C11H7ClFN3O4S. The van der Waals surface area contributed by atoms with Crippen LogP contribution in [-0.2, 0) is 10.0 Å². The van der Waals surface area contributed by atoms with E-state index in [1.807, 2.05) is 0 Å². The highest BCUT2D eigenvalue weighted by Crippen LogP contribution is 2.24. The minimum Gasteiger partial charge on any atom is -0.279 e. The second-order valence-corrected chi connectivity index (χ2v) is 5.91. The summed E-state index contributed by atoms with van der Waals surface area (Å²) in [6.07, 6.45) is 1.20. The lowest BCUT2D eigenvalue weighted by molar-refractivity contribution is -0.387. The Kier molecular flexibility index (Phi) is 4.05. The van der Waals surface area contributed by atoms with Crippen LogP contribution in [0, 0.1) is 15.9 Å². The zero-order chi connectivity index (χ0) is 15.6. The standard InChI is InChI=1S/C11H7ClFN3O4S/c12-11-6-8(3-4-14-11)21(19,20)15-7-1-2-9(13)10(5-7)16(17)18/h1-6,15H. The molecule has 0 atom stereocenters. The van der Waals surface area contributed by atoms with Crippen molar-refractivity contribution in [2.24, 2.45) is 0 Å². The van der Waals surface area contributed by atoms with Crippen LogP contribution in [0.2, 0.25) is 5.15 Å². The quantitative estimate of drug-likeness (QED) is 0.527. The van der Waals surface area contributed by atoms with Crippen molar-refractivity contribution in [3.8, 4) is 0 Å². The molecule has 0 radical (unpaired) electrons. The highest BCUT2D eigenvalue weighted by Gasteiger charge is 2.19. The van der Waals surface area contributed by atoms with E-state index >= 15 is 0 Å². The average molecular weight is 332 g/mol. The first-order valence-corrected chi connectivity index (χ1v) is 7.24. The Hall–Kier alpha value is -2.26. The Morgan fingerprint density at radius 1 is 1.29 bits per heavy atom. The second-order valence-electron chi connectivity index (χ2n) is 3.84. The molecule has 110 valence electrons. The van der Waals surface area contributed by atoms with E-state index in [0.717, 1.165) is 24.3 Å². The van der Waals surface area contributed by atoms with Crippen molar-refractivity contribution in [1.82, 2.24) is 4.98 Å². The fourth-order valence-electron chi connectivity index (χ4n) is 1.48. The highest BCUT2D eigenvalue weighted by atomic mass is 35.5. The maximum absolute atomic E-state index is 13.2. The third-order valence-electron chi connectivity index (χ3n) is 2.40. The Balaban J connectivity index is 2.37. The minimum atomic E-state index is -4.01. The normalized spacial score (nSPS) is 11.1. The fourth-order valence-corrected chi connectivity index (χ4v) is 2.78. The third-order valence-corrected chi connectivity index (χ3v) is 3.99. The first-order chi connectivity index (χ1) is 9.79. The number of pyridine rings is 1. The number of hydrogen-bond acceptors (Lipinski definition) is 5. The first kappa shape index (κ1) is 15.1. The fraction of sp³-hybridized carbons (Fsp3) is 0. The molecule has 0 aliphatic rings. The molecule has 0 amide bonds. The van der Waals surface area contributed by atoms with Crippen molar-refractivity contribution >= 4 is 33.0 Å². The number of rotatable bonds is 4. The van der Waals surface area contributed by atoms with Crippen LogP contribution in [0.15, 0.2) is 41.4 Å². The summed E-state index contributed by atoms with van der Waals surface area (Å²) in [5.41, 5.74) is -0.973. The van der Waals surface area contributed by atoms with Gasteiger partial charge in [0.2, 0.25) is 5.82 Å². The summed E-state index contributed by atoms with van der Waals surface area (Å²) in [7, 11) is -4.01. The summed E-state index contributed by atoms with van der Waals surface area (Å²) >= 11 is 5.60. The molecule has 0 fully saturated rings. The number of aromatic nitrogens is 1. The van der Waals surface area contributed by atoms with Crippen LogP contribution < -0.4 is 4.72 Å². The third kappa shape index (κ3) is 3.44. The molecule has 2 rings (SSSR count). The van der Waals surface area contributed by atoms with Gasteiger partial charge in [0, 0.05) is 12.3 Å². The van der Waals surface area contributed by atoms with E-state index in [0.29, 0.717) is 0 Å². The summed E-state index contributed by atoms with van der Waals surface area (Å²) in [5.74, 6) is -1.06. The largest absolute Gasteiger partial charge is 0.306 e. The van der Waals surface area contributed by atoms with Crippen molar-refractivity contribution in [1.29, 1.82) is 0 Å². The predicted molar refractivity (Wildman–Crippen MR) is 73.1 cm³/mol. The monoisotopic (exact) mass is 331 g/mol. The molecule has 0 saturated heterocycles. The lowest BCUT2D eigenvalue weighted by Crippen LogP contribution is -2.13. The molecule has 0 unspecified atom stereocenters.